The molecule has 0 aromatic heterocycles. The molecule has 1 aromatic rings. The molecule has 114 valence electrons. The first-order valence-electron chi connectivity index (χ1n) is 8.02. The molecule has 0 radical (unpaired) electrons. The highest BCUT2D eigenvalue weighted by atomic mass is 15.1. The highest BCUT2D eigenvalue weighted by Crippen LogP contribution is 2.26. The van der Waals surface area contributed by atoms with Crippen LogP contribution in [0.4, 0.5) is 5.69 Å². The Kier molecular flexibility index (Phi) is 5.25. The molecule has 21 heavy (non-hydrogen) atoms. The summed E-state index contributed by atoms with van der Waals surface area (Å²) in [5.74, 6) is 0. The van der Waals surface area contributed by atoms with E-state index in [1.54, 1.807) is 0 Å². The van der Waals surface area contributed by atoms with Crippen LogP contribution in [0.5, 0.6) is 0 Å². The number of nitrogens with zero attached hydrogens (tertiary/aromatic N) is 2. The number of benzene rings is 1. The van der Waals surface area contributed by atoms with Crippen molar-refractivity contribution in [2.24, 2.45) is 0 Å². The number of nitrogens with one attached hydrogen (secondary N) is 1. The Balaban J connectivity index is 2.14. The lowest BCUT2D eigenvalue weighted by atomic mass is 9.91. The minimum absolute atomic E-state index is 0.464. The van der Waals surface area contributed by atoms with Gasteiger partial charge in [-0.1, -0.05) is 37.8 Å². The Hall–Kier alpha value is -1.53. The zero-order chi connectivity index (χ0) is 15.3. The summed E-state index contributed by atoms with van der Waals surface area (Å²) >= 11 is 0. The standard InChI is InChI=1S/C18H27N3/c1-18(14-19,20-16-8-6-4-5-7-9-16)15-10-12-17(13-11-15)21(2)3/h10-13,16,20H,4-9H2,1-3H3. The van der Waals surface area contributed by atoms with Crippen molar-refractivity contribution in [3.63, 3.8) is 0 Å². The third kappa shape index (κ3) is 3.98. The number of hydrogen-bond acceptors (Lipinski definition) is 3. The zero-order valence-corrected chi connectivity index (χ0v) is 13.5. The van der Waals surface area contributed by atoms with Crippen LogP contribution in [-0.4, -0.2) is 20.1 Å². The van der Waals surface area contributed by atoms with Crippen molar-refractivity contribution >= 4 is 5.69 Å². The van der Waals surface area contributed by atoms with Crippen LogP contribution in [-0.2, 0) is 5.54 Å². The maximum absolute atomic E-state index is 9.70. The van der Waals surface area contributed by atoms with Gasteiger partial charge in [-0.05, 0) is 37.5 Å². The molecule has 1 atom stereocenters. The molecule has 1 aliphatic rings. The topological polar surface area (TPSA) is 39.1 Å². The Bertz CT molecular complexity index is 478. The fourth-order valence-corrected chi connectivity index (χ4v) is 3.11. The molecule has 0 amide bonds. The first-order valence-corrected chi connectivity index (χ1v) is 8.02. The molecule has 1 unspecified atom stereocenters. The molecule has 3 nitrogen and oxygen atoms in total. The van der Waals surface area contributed by atoms with Gasteiger partial charge in [0.1, 0.15) is 5.54 Å². The van der Waals surface area contributed by atoms with Gasteiger partial charge >= 0.3 is 0 Å². The lowest BCUT2D eigenvalue weighted by Crippen LogP contribution is -2.44. The van der Waals surface area contributed by atoms with E-state index in [2.05, 4.69) is 40.6 Å². The maximum atomic E-state index is 9.70. The summed E-state index contributed by atoms with van der Waals surface area (Å²) < 4.78 is 0. The monoisotopic (exact) mass is 285 g/mol. The van der Waals surface area contributed by atoms with Crippen LogP contribution in [0.2, 0.25) is 0 Å². The molecular weight excluding hydrogens is 258 g/mol. The van der Waals surface area contributed by atoms with Gasteiger partial charge in [-0.3, -0.25) is 5.32 Å². The van der Waals surface area contributed by atoms with Gasteiger partial charge < -0.3 is 4.90 Å². The summed E-state index contributed by atoms with van der Waals surface area (Å²) in [4.78, 5) is 2.08. The molecule has 1 aliphatic carbocycles. The first-order chi connectivity index (χ1) is 10.0. The maximum Gasteiger partial charge on any atom is 0.129 e. The van der Waals surface area contributed by atoms with Crippen molar-refractivity contribution in [2.45, 2.75) is 57.0 Å². The van der Waals surface area contributed by atoms with Gasteiger partial charge in [0, 0.05) is 25.8 Å². The molecule has 0 spiro atoms. The molecule has 1 fully saturated rings. The van der Waals surface area contributed by atoms with Gasteiger partial charge in [-0.25, -0.2) is 0 Å². The van der Waals surface area contributed by atoms with Crippen LogP contribution in [0.15, 0.2) is 24.3 Å². The summed E-state index contributed by atoms with van der Waals surface area (Å²) in [5.41, 5.74) is 1.62. The fraction of sp³-hybridized carbons (Fsp3) is 0.611. The summed E-state index contributed by atoms with van der Waals surface area (Å²) in [6, 6.07) is 11.3. The van der Waals surface area contributed by atoms with E-state index in [-0.39, 0.29) is 0 Å². The lowest BCUT2D eigenvalue weighted by Gasteiger charge is -2.30. The summed E-state index contributed by atoms with van der Waals surface area (Å²) in [6.45, 7) is 2.00. The van der Waals surface area contributed by atoms with Crippen LogP contribution >= 0.6 is 0 Å². The average molecular weight is 285 g/mol. The SMILES string of the molecule is CN(C)c1ccc(C(C)(C#N)NC2CCCCCC2)cc1. The number of nitriles is 1. The summed E-state index contributed by atoms with van der Waals surface area (Å²) in [5, 5.41) is 13.3. The van der Waals surface area contributed by atoms with Gasteiger partial charge in [0.25, 0.3) is 0 Å². The van der Waals surface area contributed by atoms with Crippen molar-refractivity contribution in [2.75, 3.05) is 19.0 Å². The Labute approximate surface area is 129 Å². The third-order valence-corrected chi connectivity index (χ3v) is 4.53. The molecule has 1 aromatic carbocycles. The normalized spacial score (nSPS) is 19.3. The van der Waals surface area contributed by atoms with E-state index in [0.29, 0.717) is 6.04 Å². The van der Waals surface area contributed by atoms with Crippen LogP contribution in [0, 0.1) is 11.3 Å². The second kappa shape index (κ2) is 6.95. The second-order valence-electron chi connectivity index (χ2n) is 6.51. The molecule has 2 rings (SSSR count). The van der Waals surface area contributed by atoms with E-state index in [1.807, 2.05) is 21.0 Å². The van der Waals surface area contributed by atoms with Gasteiger partial charge in [-0.2, -0.15) is 5.26 Å². The predicted octanol–water partition coefficient (Wildman–Crippen LogP) is 3.80. The number of rotatable bonds is 4. The van der Waals surface area contributed by atoms with E-state index in [4.69, 9.17) is 0 Å². The minimum Gasteiger partial charge on any atom is -0.378 e. The zero-order valence-electron chi connectivity index (χ0n) is 13.5. The highest BCUT2D eigenvalue weighted by Gasteiger charge is 2.29. The van der Waals surface area contributed by atoms with Crippen molar-refractivity contribution in [3.8, 4) is 6.07 Å². The van der Waals surface area contributed by atoms with E-state index < -0.39 is 5.54 Å². The van der Waals surface area contributed by atoms with Crippen molar-refractivity contribution < 1.29 is 0 Å². The number of anilines is 1. The number of hydrogen-bond donors (Lipinski definition) is 1. The Morgan fingerprint density at radius 2 is 1.67 bits per heavy atom. The molecular formula is C18H27N3. The van der Waals surface area contributed by atoms with E-state index in [1.165, 1.54) is 38.5 Å². The first kappa shape index (κ1) is 15.9. The van der Waals surface area contributed by atoms with Gasteiger partial charge in [-0.15, -0.1) is 0 Å². The van der Waals surface area contributed by atoms with Gasteiger partial charge in [0.2, 0.25) is 0 Å². The Morgan fingerprint density at radius 1 is 1.10 bits per heavy atom. The highest BCUT2D eigenvalue weighted by molar-refractivity contribution is 5.48. The fourth-order valence-electron chi connectivity index (χ4n) is 3.11. The largest absolute Gasteiger partial charge is 0.378 e. The van der Waals surface area contributed by atoms with Crippen LogP contribution in [0.1, 0.15) is 51.0 Å². The minimum atomic E-state index is -0.597. The Morgan fingerprint density at radius 3 is 2.14 bits per heavy atom. The van der Waals surface area contributed by atoms with Crippen LogP contribution in [0.3, 0.4) is 0 Å². The molecule has 3 heteroatoms. The average Bonchev–Trinajstić information content (AvgIpc) is 2.75. The van der Waals surface area contributed by atoms with Crippen molar-refractivity contribution in [3.05, 3.63) is 29.8 Å². The lowest BCUT2D eigenvalue weighted by molar-refractivity contribution is 0.357. The quantitative estimate of drug-likeness (QED) is 0.855. The van der Waals surface area contributed by atoms with E-state index in [9.17, 15) is 5.26 Å². The summed E-state index contributed by atoms with van der Waals surface area (Å²) in [7, 11) is 4.06. The van der Waals surface area contributed by atoms with Crippen molar-refractivity contribution in [1.82, 2.24) is 5.32 Å². The molecule has 0 bridgehead atoms. The molecule has 0 heterocycles. The smallest absolute Gasteiger partial charge is 0.129 e. The van der Waals surface area contributed by atoms with Gasteiger partial charge in [0.15, 0.2) is 0 Å². The van der Waals surface area contributed by atoms with Gasteiger partial charge in [0.05, 0.1) is 6.07 Å². The second-order valence-corrected chi connectivity index (χ2v) is 6.51. The van der Waals surface area contributed by atoms with Crippen molar-refractivity contribution in [1.29, 1.82) is 5.26 Å². The molecule has 1 saturated carbocycles. The predicted molar refractivity (Wildman–Crippen MR) is 88.4 cm³/mol. The summed E-state index contributed by atoms with van der Waals surface area (Å²) in [6.07, 6.45) is 7.59. The molecule has 1 N–H and O–H groups in total. The third-order valence-electron chi connectivity index (χ3n) is 4.53. The van der Waals surface area contributed by atoms with Crippen LogP contribution in [0.25, 0.3) is 0 Å². The van der Waals surface area contributed by atoms with Crippen LogP contribution < -0.4 is 10.2 Å². The molecule has 0 aliphatic heterocycles. The van der Waals surface area contributed by atoms with E-state index in [0.717, 1.165) is 11.3 Å². The molecule has 0 saturated heterocycles. The van der Waals surface area contributed by atoms with E-state index >= 15 is 0 Å².